The van der Waals surface area contributed by atoms with E-state index >= 15 is 0 Å². The lowest BCUT2D eigenvalue weighted by molar-refractivity contribution is 0.102. The molecule has 134 valence electrons. The summed E-state index contributed by atoms with van der Waals surface area (Å²) in [5, 5.41) is 2.78. The average molecular weight is 417 g/mol. The Balaban J connectivity index is 1.82. The number of methoxy groups -OCH3 is 2. The number of carbonyl (C=O) groups is 1. The molecule has 0 bridgehead atoms. The number of nitrogens with one attached hydrogen (secondary N) is 1. The van der Waals surface area contributed by atoms with Crippen molar-refractivity contribution in [1.29, 1.82) is 0 Å². The third-order valence-electron chi connectivity index (χ3n) is 3.73. The first-order valence-electron chi connectivity index (χ1n) is 7.76. The van der Waals surface area contributed by atoms with E-state index in [9.17, 15) is 4.79 Å². The van der Waals surface area contributed by atoms with Crippen molar-refractivity contribution in [2.75, 3.05) is 19.5 Å². The molecule has 1 aromatic carbocycles. The summed E-state index contributed by atoms with van der Waals surface area (Å²) in [5.41, 5.74) is 1.28. The van der Waals surface area contributed by atoms with Crippen LogP contribution in [-0.4, -0.2) is 34.7 Å². The summed E-state index contributed by atoms with van der Waals surface area (Å²) in [7, 11) is 3.18. The average Bonchev–Trinajstić information content (AvgIpc) is 3.10. The molecule has 2 heterocycles. The van der Waals surface area contributed by atoms with Gasteiger partial charge in [0.1, 0.15) is 5.69 Å². The van der Waals surface area contributed by atoms with Crippen LogP contribution in [0.1, 0.15) is 16.1 Å². The van der Waals surface area contributed by atoms with Gasteiger partial charge in [0.2, 0.25) is 5.95 Å². The number of anilines is 1. The molecule has 0 atom stereocenters. The number of rotatable bonds is 6. The van der Waals surface area contributed by atoms with Gasteiger partial charge in [-0.3, -0.25) is 15.1 Å². The van der Waals surface area contributed by atoms with Crippen LogP contribution in [0.25, 0.3) is 0 Å². The van der Waals surface area contributed by atoms with E-state index in [1.165, 1.54) is 0 Å². The second-order valence-electron chi connectivity index (χ2n) is 5.35. The lowest BCUT2D eigenvalue weighted by atomic mass is 10.2. The predicted molar refractivity (Wildman–Crippen MR) is 101 cm³/mol. The monoisotopic (exact) mass is 416 g/mol. The normalized spacial score (nSPS) is 10.4. The molecule has 0 aliphatic rings. The molecule has 26 heavy (non-hydrogen) atoms. The molecule has 3 rings (SSSR count). The zero-order chi connectivity index (χ0) is 18.5. The number of pyridine rings is 1. The van der Waals surface area contributed by atoms with Crippen LogP contribution in [0.2, 0.25) is 0 Å². The van der Waals surface area contributed by atoms with E-state index in [1.807, 2.05) is 16.7 Å². The number of halogens is 1. The minimum Gasteiger partial charge on any atom is -0.493 e. The number of aromatic nitrogens is 3. The van der Waals surface area contributed by atoms with Gasteiger partial charge in [-0.2, -0.15) is 0 Å². The molecule has 1 amide bonds. The quantitative estimate of drug-likeness (QED) is 0.666. The summed E-state index contributed by atoms with van der Waals surface area (Å²) >= 11 is 3.54. The molecule has 8 heteroatoms. The molecule has 7 nitrogen and oxygen atoms in total. The largest absolute Gasteiger partial charge is 0.493 e. The fourth-order valence-corrected chi connectivity index (χ4v) is 2.87. The highest BCUT2D eigenvalue weighted by molar-refractivity contribution is 9.10. The smallest absolute Gasteiger partial charge is 0.276 e. The zero-order valence-corrected chi connectivity index (χ0v) is 15.9. The first-order valence-corrected chi connectivity index (χ1v) is 8.55. The fraction of sp³-hybridized carbons (Fsp3) is 0.167. The summed E-state index contributed by atoms with van der Waals surface area (Å²) in [4.78, 5) is 20.6. The second kappa shape index (κ2) is 8.01. The van der Waals surface area contributed by atoms with E-state index in [0.29, 0.717) is 29.7 Å². The molecule has 0 aliphatic carbocycles. The fourth-order valence-electron chi connectivity index (χ4n) is 2.42. The highest BCUT2D eigenvalue weighted by atomic mass is 79.9. The van der Waals surface area contributed by atoms with Gasteiger partial charge in [-0.15, -0.1) is 0 Å². The van der Waals surface area contributed by atoms with Gasteiger partial charge in [0.25, 0.3) is 5.91 Å². The van der Waals surface area contributed by atoms with Gasteiger partial charge >= 0.3 is 0 Å². The van der Waals surface area contributed by atoms with Crippen LogP contribution in [0.3, 0.4) is 0 Å². The molecule has 0 unspecified atom stereocenters. The van der Waals surface area contributed by atoms with Crippen LogP contribution < -0.4 is 14.8 Å². The van der Waals surface area contributed by atoms with E-state index in [2.05, 4.69) is 31.2 Å². The number of imidazole rings is 1. The number of nitrogens with zero attached hydrogens (tertiary/aromatic N) is 3. The predicted octanol–water partition coefficient (Wildman–Crippen LogP) is 3.36. The Hall–Kier alpha value is -2.87. The molecular formula is C18H17BrN4O3. The first-order chi connectivity index (χ1) is 12.6. The van der Waals surface area contributed by atoms with Crippen LogP contribution in [-0.2, 0) is 6.54 Å². The Bertz CT molecular complexity index is 912. The van der Waals surface area contributed by atoms with Crippen molar-refractivity contribution >= 4 is 27.8 Å². The standard InChI is InChI=1S/C18H17BrN4O3/c1-25-15-9-12(13(19)10-16(15)26-2)11-23-8-7-21-18(23)22-17(24)14-5-3-4-6-20-14/h3-10H,11H2,1-2H3,(H,21,22,24). The third kappa shape index (κ3) is 3.85. The van der Waals surface area contributed by atoms with Crippen LogP contribution in [0.15, 0.2) is 53.4 Å². The number of carbonyl (C=O) groups excluding carboxylic acids is 1. The van der Waals surface area contributed by atoms with Crippen LogP contribution in [0.4, 0.5) is 5.95 Å². The highest BCUT2D eigenvalue weighted by Crippen LogP contribution is 2.33. The molecular weight excluding hydrogens is 400 g/mol. The van der Waals surface area contributed by atoms with Crippen molar-refractivity contribution in [2.45, 2.75) is 6.54 Å². The van der Waals surface area contributed by atoms with Gasteiger partial charge in [-0.1, -0.05) is 22.0 Å². The summed E-state index contributed by atoms with van der Waals surface area (Å²) < 4.78 is 13.3. The molecule has 0 spiro atoms. The van der Waals surface area contributed by atoms with E-state index in [0.717, 1.165) is 10.0 Å². The second-order valence-corrected chi connectivity index (χ2v) is 6.20. The number of hydrogen-bond acceptors (Lipinski definition) is 5. The van der Waals surface area contributed by atoms with E-state index in [-0.39, 0.29) is 5.91 Å². The third-order valence-corrected chi connectivity index (χ3v) is 4.47. The van der Waals surface area contributed by atoms with Crippen molar-refractivity contribution in [2.24, 2.45) is 0 Å². The number of amides is 1. The molecule has 0 radical (unpaired) electrons. The summed E-state index contributed by atoms with van der Waals surface area (Å²) in [6.07, 6.45) is 4.99. The molecule has 0 fully saturated rings. The molecule has 2 aromatic heterocycles. The Morgan fingerprint density at radius 2 is 1.92 bits per heavy atom. The molecule has 0 aliphatic heterocycles. The molecule has 0 saturated heterocycles. The minimum absolute atomic E-state index is 0.315. The Kier molecular flexibility index (Phi) is 5.52. The van der Waals surface area contributed by atoms with Crippen LogP contribution >= 0.6 is 15.9 Å². The lowest BCUT2D eigenvalue weighted by Gasteiger charge is -2.14. The van der Waals surface area contributed by atoms with Gasteiger partial charge in [0.15, 0.2) is 11.5 Å². The lowest BCUT2D eigenvalue weighted by Crippen LogP contribution is -2.17. The summed E-state index contributed by atoms with van der Waals surface area (Å²) in [6, 6.07) is 8.89. The topological polar surface area (TPSA) is 78.3 Å². The maximum Gasteiger partial charge on any atom is 0.276 e. The zero-order valence-electron chi connectivity index (χ0n) is 14.3. The van der Waals surface area contributed by atoms with Crippen molar-refractivity contribution in [3.8, 4) is 11.5 Å². The Morgan fingerprint density at radius 3 is 2.62 bits per heavy atom. The van der Waals surface area contributed by atoms with Gasteiger partial charge < -0.3 is 14.0 Å². The number of hydrogen-bond donors (Lipinski definition) is 1. The van der Waals surface area contributed by atoms with E-state index < -0.39 is 0 Å². The number of benzene rings is 1. The Labute approximate surface area is 159 Å². The highest BCUT2D eigenvalue weighted by Gasteiger charge is 2.14. The molecule has 1 N–H and O–H groups in total. The maximum absolute atomic E-state index is 12.3. The first kappa shape index (κ1) is 17.9. The van der Waals surface area contributed by atoms with Gasteiger partial charge in [-0.25, -0.2) is 4.98 Å². The van der Waals surface area contributed by atoms with E-state index in [4.69, 9.17) is 9.47 Å². The number of ether oxygens (including phenoxy) is 2. The van der Waals surface area contributed by atoms with Crippen molar-refractivity contribution in [3.05, 3.63) is 64.7 Å². The summed E-state index contributed by atoms with van der Waals surface area (Å²) in [5.74, 6) is 1.38. The van der Waals surface area contributed by atoms with Crippen molar-refractivity contribution in [3.63, 3.8) is 0 Å². The van der Waals surface area contributed by atoms with Crippen molar-refractivity contribution < 1.29 is 14.3 Å². The van der Waals surface area contributed by atoms with Gasteiger partial charge in [0.05, 0.1) is 20.8 Å². The SMILES string of the molecule is COc1cc(Br)c(Cn2ccnc2NC(=O)c2ccccn2)cc1OC. The van der Waals surface area contributed by atoms with Crippen LogP contribution in [0, 0.1) is 0 Å². The maximum atomic E-state index is 12.3. The van der Waals surface area contributed by atoms with Gasteiger partial charge in [0, 0.05) is 23.1 Å². The van der Waals surface area contributed by atoms with Gasteiger partial charge in [-0.05, 0) is 29.8 Å². The molecule has 0 saturated carbocycles. The van der Waals surface area contributed by atoms with E-state index in [1.54, 1.807) is 51.0 Å². The van der Waals surface area contributed by atoms with Crippen LogP contribution in [0.5, 0.6) is 11.5 Å². The summed E-state index contributed by atoms with van der Waals surface area (Å²) in [6.45, 7) is 0.485. The van der Waals surface area contributed by atoms with Crippen molar-refractivity contribution in [1.82, 2.24) is 14.5 Å². The molecule has 3 aromatic rings. The minimum atomic E-state index is -0.315. The Morgan fingerprint density at radius 1 is 1.15 bits per heavy atom.